The topological polar surface area (TPSA) is 77.4 Å². The summed E-state index contributed by atoms with van der Waals surface area (Å²) in [5.74, 6) is 0.579. The molecule has 2 atom stereocenters. The first-order chi connectivity index (χ1) is 15.3. The summed E-state index contributed by atoms with van der Waals surface area (Å²) in [5.41, 5.74) is 2.08. The van der Waals surface area contributed by atoms with Crippen molar-refractivity contribution in [3.63, 3.8) is 0 Å². The van der Waals surface area contributed by atoms with Crippen molar-refractivity contribution in [1.29, 1.82) is 0 Å². The van der Waals surface area contributed by atoms with Gasteiger partial charge in [0.2, 0.25) is 6.79 Å². The molecule has 2 aliphatic rings. The maximum absolute atomic E-state index is 13.9. The van der Waals surface area contributed by atoms with E-state index in [9.17, 15) is 18.0 Å². The second-order valence-electron chi connectivity index (χ2n) is 7.78. The number of carbonyl (C=O) groups excluding carboxylic acids is 1. The molecular weight excluding hydrogens is 425 g/mol. The minimum atomic E-state index is -4.54. The van der Waals surface area contributed by atoms with Crippen LogP contribution >= 0.6 is 0 Å². The van der Waals surface area contributed by atoms with Gasteiger partial charge in [0.05, 0.1) is 6.04 Å². The fourth-order valence-electron chi connectivity index (χ4n) is 3.86. The van der Waals surface area contributed by atoms with Crippen LogP contribution in [-0.4, -0.2) is 28.7 Å². The summed E-state index contributed by atoms with van der Waals surface area (Å²) in [7, 11) is 0. The van der Waals surface area contributed by atoms with E-state index >= 15 is 0 Å². The number of rotatable bonds is 3. The van der Waals surface area contributed by atoms with Crippen molar-refractivity contribution in [2.75, 3.05) is 17.4 Å². The largest absolute Gasteiger partial charge is 0.454 e. The second kappa shape index (κ2) is 7.47. The van der Waals surface area contributed by atoms with Gasteiger partial charge in [0, 0.05) is 18.2 Å². The van der Waals surface area contributed by atoms with Crippen LogP contribution in [0.3, 0.4) is 0 Å². The first-order valence-corrected chi connectivity index (χ1v) is 9.98. The average Bonchev–Trinajstić information content (AvgIpc) is 3.40. The number of ether oxygens (including phenoxy) is 2. The van der Waals surface area contributed by atoms with Crippen molar-refractivity contribution in [1.82, 2.24) is 9.78 Å². The number of halogens is 3. The third-order valence-electron chi connectivity index (χ3n) is 5.53. The van der Waals surface area contributed by atoms with E-state index < -0.39 is 24.2 Å². The van der Waals surface area contributed by atoms with Gasteiger partial charge in [-0.15, -0.1) is 0 Å². The van der Waals surface area contributed by atoms with Gasteiger partial charge in [0.15, 0.2) is 23.2 Å². The lowest BCUT2D eigenvalue weighted by molar-refractivity contribution is -0.173. The number of hydrogen-bond donors (Lipinski definition) is 2. The Bertz CT molecular complexity index is 1170. The van der Waals surface area contributed by atoms with Gasteiger partial charge in [-0.05, 0) is 36.8 Å². The molecule has 0 radical (unpaired) electrons. The summed E-state index contributed by atoms with van der Waals surface area (Å²) >= 11 is 0. The molecule has 0 saturated heterocycles. The molecule has 0 fully saturated rings. The molecule has 5 rings (SSSR count). The highest BCUT2D eigenvalue weighted by Crippen LogP contribution is 2.45. The number of anilines is 2. The second-order valence-corrected chi connectivity index (χ2v) is 7.78. The van der Waals surface area contributed by atoms with E-state index in [1.165, 1.54) is 6.07 Å². The number of aromatic nitrogens is 2. The van der Waals surface area contributed by atoms with Crippen LogP contribution in [0.15, 0.2) is 48.5 Å². The molecule has 2 aliphatic heterocycles. The van der Waals surface area contributed by atoms with Crippen LogP contribution in [0.5, 0.6) is 11.5 Å². The first-order valence-electron chi connectivity index (χ1n) is 9.98. The number of nitrogens with zero attached hydrogens (tertiary/aromatic N) is 2. The van der Waals surface area contributed by atoms with E-state index in [-0.39, 0.29) is 24.7 Å². The van der Waals surface area contributed by atoms with E-state index in [0.717, 1.165) is 10.2 Å². The van der Waals surface area contributed by atoms with Gasteiger partial charge in [-0.2, -0.15) is 18.3 Å². The van der Waals surface area contributed by atoms with E-state index in [1.807, 2.05) is 19.1 Å². The molecule has 166 valence electrons. The van der Waals surface area contributed by atoms with Gasteiger partial charge in [-0.1, -0.05) is 23.8 Å². The Kier molecular flexibility index (Phi) is 4.72. The Morgan fingerprint density at radius 2 is 1.88 bits per heavy atom. The third kappa shape index (κ3) is 3.72. The van der Waals surface area contributed by atoms with Crippen molar-refractivity contribution < 1.29 is 27.4 Å². The minimum absolute atomic E-state index is 0.0777. The lowest BCUT2D eigenvalue weighted by atomic mass is 9.96. The molecular formula is C22H19F3N4O3. The van der Waals surface area contributed by atoms with Crippen LogP contribution in [-0.2, 0) is 0 Å². The van der Waals surface area contributed by atoms with Crippen molar-refractivity contribution in [2.45, 2.75) is 31.6 Å². The number of aryl methyl sites for hydroxylation is 1. The minimum Gasteiger partial charge on any atom is -0.454 e. The van der Waals surface area contributed by atoms with Gasteiger partial charge in [-0.3, -0.25) is 4.79 Å². The highest BCUT2D eigenvalue weighted by molar-refractivity contribution is 6.03. The molecule has 0 spiro atoms. The third-order valence-corrected chi connectivity index (χ3v) is 5.53. The molecule has 7 nitrogen and oxygen atoms in total. The molecule has 0 aliphatic carbocycles. The van der Waals surface area contributed by atoms with Gasteiger partial charge in [0.25, 0.3) is 5.91 Å². The highest BCUT2D eigenvalue weighted by Gasteiger charge is 2.47. The molecule has 3 aromatic rings. The Morgan fingerprint density at radius 1 is 1.12 bits per heavy atom. The zero-order valence-corrected chi connectivity index (χ0v) is 16.9. The van der Waals surface area contributed by atoms with Crippen LogP contribution in [0, 0.1) is 6.92 Å². The van der Waals surface area contributed by atoms with Crippen molar-refractivity contribution in [3.05, 3.63) is 65.4 Å². The van der Waals surface area contributed by atoms with E-state index in [4.69, 9.17) is 9.47 Å². The predicted molar refractivity (Wildman–Crippen MR) is 110 cm³/mol. The van der Waals surface area contributed by atoms with Crippen LogP contribution < -0.4 is 20.1 Å². The molecule has 3 heterocycles. The van der Waals surface area contributed by atoms with E-state index in [2.05, 4.69) is 15.7 Å². The first kappa shape index (κ1) is 20.2. The number of benzene rings is 2. The quantitative estimate of drug-likeness (QED) is 0.605. The smallest absolute Gasteiger partial charge is 0.410 e. The van der Waals surface area contributed by atoms with Gasteiger partial charge < -0.3 is 20.1 Å². The SMILES string of the molecule is Cc1ccc(NC(=O)c2cc3n(n2)[C@H](C(F)(F)F)C[C@H](c2ccc4c(c2)OCO4)N3)cc1. The van der Waals surface area contributed by atoms with Crippen molar-refractivity contribution in [3.8, 4) is 11.5 Å². The summed E-state index contributed by atoms with van der Waals surface area (Å²) in [4.78, 5) is 12.6. The summed E-state index contributed by atoms with van der Waals surface area (Å²) in [6.45, 7) is 1.99. The monoisotopic (exact) mass is 444 g/mol. The summed E-state index contributed by atoms with van der Waals surface area (Å²) < 4.78 is 53.1. The fraction of sp³-hybridized carbons (Fsp3) is 0.273. The normalized spacial score (nSPS) is 19.2. The highest BCUT2D eigenvalue weighted by atomic mass is 19.4. The van der Waals surface area contributed by atoms with Crippen LogP contribution in [0.1, 0.15) is 40.1 Å². The van der Waals surface area contributed by atoms with E-state index in [0.29, 0.717) is 22.7 Å². The Balaban J connectivity index is 1.44. The molecule has 0 bridgehead atoms. The van der Waals surface area contributed by atoms with Crippen LogP contribution in [0.2, 0.25) is 0 Å². The van der Waals surface area contributed by atoms with Crippen LogP contribution in [0.4, 0.5) is 24.7 Å². The maximum atomic E-state index is 13.9. The summed E-state index contributed by atoms with van der Waals surface area (Å²) in [6.07, 6.45) is -4.82. The lowest BCUT2D eigenvalue weighted by Crippen LogP contribution is -2.35. The maximum Gasteiger partial charge on any atom is 0.410 e. The zero-order valence-electron chi connectivity index (χ0n) is 16.9. The average molecular weight is 444 g/mol. The Hall–Kier alpha value is -3.69. The Labute approximate surface area is 181 Å². The number of carbonyl (C=O) groups is 1. The number of amides is 1. The van der Waals surface area contributed by atoms with Crippen molar-refractivity contribution in [2.24, 2.45) is 0 Å². The molecule has 2 aromatic carbocycles. The predicted octanol–water partition coefficient (Wildman–Crippen LogP) is 4.83. The van der Waals surface area contributed by atoms with Gasteiger partial charge in [-0.25, -0.2) is 4.68 Å². The number of nitrogens with one attached hydrogen (secondary N) is 2. The summed E-state index contributed by atoms with van der Waals surface area (Å²) in [5, 5.41) is 9.72. The molecule has 1 amide bonds. The Morgan fingerprint density at radius 3 is 2.62 bits per heavy atom. The van der Waals surface area contributed by atoms with E-state index in [1.54, 1.807) is 30.3 Å². The summed E-state index contributed by atoms with van der Waals surface area (Å²) in [6, 6.07) is 10.9. The van der Waals surface area contributed by atoms with Crippen LogP contribution in [0.25, 0.3) is 0 Å². The zero-order chi connectivity index (χ0) is 22.5. The molecule has 32 heavy (non-hydrogen) atoms. The molecule has 0 saturated carbocycles. The molecule has 1 aromatic heterocycles. The fourth-order valence-corrected chi connectivity index (χ4v) is 3.86. The standard InChI is InChI=1S/C22H19F3N4O3/c1-12-2-5-14(6-3-12)26-21(30)16-10-20-27-15(9-19(22(23,24)25)29(20)28-16)13-4-7-17-18(8-13)32-11-31-17/h2-8,10,15,19,27H,9,11H2,1H3,(H,26,30)/t15-,19+/m1/s1. The molecule has 10 heteroatoms. The number of hydrogen-bond acceptors (Lipinski definition) is 5. The molecule has 2 N–H and O–H groups in total. The molecule has 0 unspecified atom stereocenters. The number of fused-ring (bicyclic) bond motifs is 2. The lowest BCUT2D eigenvalue weighted by Gasteiger charge is -2.33. The van der Waals surface area contributed by atoms with Crippen molar-refractivity contribution >= 4 is 17.4 Å². The van der Waals surface area contributed by atoms with Gasteiger partial charge >= 0.3 is 6.18 Å². The number of alkyl halides is 3. The van der Waals surface area contributed by atoms with Gasteiger partial charge in [0.1, 0.15) is 5.82 Å².